The molecule has 0 atom stereocenters. The molecule has 0 saturated carbocycles. The highest BCUT2D eigenvalue weighted by atomic mass is 19.3. The summed E-state index contributed by atoms with van der Waals surface area (Å²) >= 11 is 0. The summed E-state index contributed by atoms with van der Waals surface area (Å²) in [5.74, 6) is -1.58. The van der Waals surface area contributed by atoms with Gasteiger partial charge < -0.3 is 9.64 Å². The van der Waals surface area contributed by atoms with Crippen molar-refractivity contribution in [2.24, 2.45) is 7.05 Å². The maximum atomic E-state index is 14.3. The minimum Gasteiger partial charge on any atom is -0.435 e. The molecule has 0 fully saturated rings. The predicted molar refractivity (Wildman–Crippen MR) is 118 cm³/mol. The van der Waals surface area contributed by atoms with Crippen LogP contribution in [0.4, 0.5) is 13.2 Å². The molecule has 2 aromatic carbocycles. The SMILES string of the molecule is Cn1ccc(-c2ccc(CN3Cc4ccnc(Oc5ccc(C(F)F)cc5F)c4C3=O)cc2)n1. The van der Waals surface area contributed by atoms with Crippen molar-refractivity contribution in [2.45, 2.75) is 19.5 Å². The van der Waals surface area contributed by atoms with E-state index in [9.17, 15) is 18.0 Å². The minimum atomic E-state index is -2.80. The van der Waals surface area contributed by atoms with Crippen LogP contribution in [0, 0.1) is 5.82 Å². The molecule has 1 aliphatic rings. The fraction of sp³-hybridized carbons (Fsp3) is 0.160. The molecule has 0 N–H and O–H groups in total. The Balaban J connectivity index is 1.34. The number of amides is 1. The zero-order chi connectivity index (χ0) is 23.8. The molecule has 6 nitrogen and oxygen atoms in total. The number of ether oxygens (including phenoxy) is 1. The Morgan fingerprint density at radius 2 is 1.88 bits per heavy atom. The van der Waals surface area contributed by atoms with Crippen LogP contribution in [0.5, 0.6) is 11.6 Å². The van der Waals surface area contributed by atoms with Gasteiger partial charge in [0, 0.05) is 43.7 Å². The molecule has 9 heteroatoms. The highest BCUT2D eigenvalue weighted by Gasteiger charge is 2.32. The van der Waals surface area contributed by atoms with Gasteiger partial charge in [0.15, 0.2) is 11.6 Å². The Kier molecular flexibility index (Phi) is 5.53. The lowest BCUT2D eigenvalue weighted by molar-refractivity contribution is 0.0764. The summed E-state index contributed by atoms with van der Waals surface area (Å²) in [6.45, 7) is 0.717. The van der Waals surface area contributed by atoms with Gasteiger partial charge in [0.05, 0.1) is 5.69 Å². The largest absolute Gasteiger partial charge is 0.435 e. The van der Waals surface area contributed by atoms with Crippen molar-refractivity contribution in [3.8, 4) is 22.9 Å². The zero-order valence-electron chi connectivity index (χ0n) is 18.1. The van der Waals surface area contributed by atoms with Gasteiger partial charge >= 0.3 is 0 Å². The number of hydrogen-bond donors (Lipinski definition) is 0. The standard InChI is InChI=1S/C25H19F3N4O2/c1-31-11-9-20(30-31)16-4-2-15(3-5-16)13-32-14-18-8-10-29-24(22(18)25(32)33)34-21-7-6-17(23(27)28)12-19(21)26/h2-12,23H,13-14H2,1H3. The molecule has 0 unspecified atom stereocenters. The summed E-state index contributed by atoms with van der Waals surface area (Å²) in [5.41, 5.74) is 3.26. The van der Waals surface area contributed by atoms with Crippen molar-refractivity contribution >= 4 is 5.91 Å². The van der Waals surface area contributed by atoms with E-state index in [0.29, 0.717) is 24.7 Å². The monoisotopic (exact) mass is 464 g/mol. The van der Waals surface area contributed by atoms with E-state index in [2.05, 4.69) is 10.1 Å². The van der Waals surface area contributed by atoms with E-state index in [0.717, 1.165) is 29.0 Å². The normalized spacial score (nSPS) is 13.0. The fourth-order valence-corrected chi connectivity index (χ4v) is 3.89. The van der Waals surface area contributed by atoms with Crippen molar-refractivity contribution < 1.29 is 22.7 Å². The van der Waals surface area contributed by atoms with Crippen LogP contribution < -0.4 is 4.74 Å². The van der Waals surface area contributed by atoms with Crippen LogP contribution in [-0.2, 0) is 20.1 Å². The molecule has 2 aromatic heterocycles. The van der Waals surface area contributed by atoms with Crippen molar-refractivity contribution in [1.82, 2.24) is 19.7 Å². The number of carbonyl (C=O) groups excluding carboxylic acids is 1. The molecule has 0 radical (unpaired) electrons. The molecular weight excluding hydrogens is 445 g/mol. The lowest BCUT2D eigenvalue weighted by Crippen LogP contribution is -2.23. The molecule has 34 heavy (non-hydrogen) atoms. The number of fused-ring (bicyclic) bond motifs is 1. The zero-order valence-corrected chi connectivity index (χ0v) is 18.1. The van der Waals surface area contributed by atoms with Crippen LogP contribution in [-0.4, -0.2) is 25.6 Å². The molecule has 0 aliphatic carbocycles. The number of benzene rings is 2. The van der Waals surface area contributed by atoms with Gasteiger partial charge in [0.1, 0.15) is 5.56 Å². The van der Waals surface area contributed by atoms with Gasteiger partial charge in [-0.15, -0.1) is 0 Å². The number of halogens is 3. The second-order valence-corrected chi connectivity index (χ2v) is 7.98. The summed E-state index contributed by atoms with van der Waals surface area (Å²) in [6, 6.07) is 14.3. The molecular formula is C25H19F3N4O2. The predicted octanol–water partition coefficient (Wildman–Crippen LogP) is 5.51. The average Bonchev–Trinajstić information content (AvgIpc) is 3.39. The summed E-state index contributed by atoms with van der Waals surface area (Å²) in [7, 11) is 1.86. The molecule has 5 rings (SSSR count). The highest BCUT2D eigenvalue weighted by Crippen LogP contribution is 2.34. The van der Waals surface area contributed by atoms with Gasteiger partial charge in [-0.3, -0.25) is 9.48 Å². The smallest absolute Gasteiger partial charge is 0.263 e. The number of aryl methyl sites for hydroxylation is 1. The number of aromatic nitrogens is 3. The van der Waals surface area contributed by atoms with Crippen LogP contribution in [0.2, 0.25) is 0 Å². The molecule has 172 valence electrons. The van der Waals surface area contributed by atoms with Crippen molar-refractivity contribution in [1.29, 1.82) is 0 Å². The van der Waals surface area contributed by atoms with Crippen molar-refractivity contribution in [2.75, 3.05) is 0 Å². The molecule has 1 aliphatic heterocycles. The minimum absolute atomic E-state index is 0.0563. The van der Waals surface area contributed by atoms with Gasteiger partial charge in [-0.05, 0) is 41.5 Å². The maximum absolute atomic E-state index is 14.3. The Morgan fingerprint density at radius 1 is 1.09 bits per heavy atom. The first kappa shape index (κ1) is 21.7. The highest BCUT2D eigenvalue weighted by molar-refractivity contribution is 6.00. The van der Waals surface area contributed by atoms with E-state index in [1.807, 2.05) is 43.6 Å². The number of alkyl halides is 2. The van der Waals surface area contributed by atoms with Gasteiger partial charge in [0.2, 0.25) is 5.88 Å². The first-order valence-electron chi connectivity index (χ1n) is 10.5. The Morgan fingerprint density at radius 3 is 2.56 bits per heavy atom. The average molecular weight is 464 g/mol. The molecule has 0 saturated heterocycles. The van der Waals surface area contributed by atoms with Crippen LogP contribution in [0.15, 0.2) is 67.0 Å². The van der Waals surface area contributed by atoms with Crippen LogP contribution in [0.3, 0.4) is 0 Å². The number of hydrogen-bond acceptors (Lipinski definition) is 4. The summed E-state index contributed by atoms with van der Waals surface area (Å²) < 4.78 is 47.1. The molecule has 4 aromatic rings. The van der Waals surface area contributed by atoms with Crippen LogP contribution in [0.25, 0.3) is 11.3 Å². The van der Waals surface area contributed by atoms with E-state index in [1.54, 1.807) is 15.6 Å². The number of pyridine rings is 1. The quantitative estimate of drug-likeness (QED) is 0.378. The van der Waals surface area contributed by atoms with Crippen molar-refractivity contribution in [3.05, 3.63) is 95.1 Å². The summed E-state index contributed by atoms with van der Waals surface area (Å²) in [5, 5.41) is 4.38. The number of rotatable bonds is 6. The first-order chi connectivity index (χ1) is 16.4. The lowest BCUT2D eigenvalue weighted by Gasteiger charge is -2.16. The van der Waals surface area contributed by atoms with Gasteiger partial charge in [-0.25, -0.2) is 18.2 Å². The molecule has 0 bridgehead atoms. The number of nitrogens with zero attached hydrogens (tertiary/aromatic N) is 4. The topological polar surface area (TPSA) is 60.2 Å². The summed E-state index contributed by atoms with van der Waals surface area (Å²) in [4.78, 5) is 18.9. The lowest BCUT2D eigenvalue weighted by atomic mass is 10.1. The van der Waals surface area contributed by atoms with Crippen molar-refractivity contribution in [3.63, 3.8) is 0 Å². The van der Waals surface area contributed by atoms with Gasteiger partial charge in [-0.1, -0.05) is 24.3 Å². The molecule has 3 heterocycles. The first-order valence-corrected chi connectivity index (χ1v) is 10.5. The third-order valence-corrected chi connectivity index (χ3v) is 5.62. The summed E-state index contributed by atoms with van der Waals surface area (Å²) in [6.07, 6.45) is 0.546. The maximum Gasteiger partial charge on any atom is 0.263 e. The Bertz CT molecular complexity index is 1370. The van der Waals surface area contributed by atoms with E-state index in [-0.39, 0.29) is 23.1 Å². The van der Waals surface area contributed by atoms with E-state index in [4.69, 9.17) is 4.74 Å². The van der Waals surface area contributed by atoms with E-state index >= 15 is 0 Å². The number of carbonyl (C=O) groups is 1. The van der Waals surface area contributed by atoms with Gasteiger partial charge in [0.25, 0.3) is 12.3 Å². The third-order valence-electron chi connectivity index (χ3n) is 5.62. The fourth-order valence-electron chi connectivity index (χ4n) is 3.89. The third kappa shape index (κ3) is 4.12. The molecule has 0 spiro atoms. The Hall–Kier alpha value is -4.14. The second kappa shape index (κ2) is 8.66. The van der Waals surface area contributed by atoms with E-state index in [1.165, 1.54) is 6.20 Å². The van der Waals surface area contributed by atoms with Gasteiger partial charge in [-0.2, -0.15) is 5.10 Å². The van der Waals surface area contributed by atoms with E-state index < -0.39 is 17.8 Å². The Labute approximate surface area is 193 Å². The molecule has 1 amide bonds. The van der Waals surface area contributed by atoms with Crippen LogP contribution >= 0.6 is 0 Å². The van der Waals surface area contributed by atoms with Crippen LogP contribution in [0.1, 0.15) is 33.5 Å². The second-order valence-electron chi connectivity index (χ2n) is 7.98.